The minimum Gasteiger partial charge on any atom is -0.313 e. The standard InChI is InChI=1S/C18H22N2/c1-2-6-15(7-3-1)16(14-20-18-11-12-18)9-10-17-8-4-5-13-19-17/h1-8,13,16,18,20H,9-12,14H2. The van der Waals surface area contributed by atoms with Crippen molar-refractivity contribution in [2.24, 2.45) is 0 Å². The van der Waals surface area contributed by atoms with Crippen LogP contribution in [0.2, 0.25) is 0 Å². The van der Waals surface area contributed by atoms with Crippen molar-refractivity contribution >= 4 is 0 Å². The Morgan fingerprint density at radius 1 is 1.05 bits per heavy atom. The molecule has 0 bridgehead atoms. The van der Waals surface area contributed by atoms with Crippen molar-refractivity contribution in [3.05, 3.63) is 66.0 Å². The van der Waals surface area contributed by atoms with Crippen LogP contribution in [-0.2, 0) is 6.42 Å². The second kappa shape index (κ2) is 6.67. The number of rotatable bonds is 7. The number of hydrogen-bond donors (Lipinski definition) is 1. The van der Waals surface area contributed by atoms with E-state index in [0.717, 1.165) is 25.4 Å². The van der Waals surface area contributed by atoms with Gasteiger partial charge in [0.05, 0.1) is 0 Å². The molecule has 1 aliphatic rings. The van der Waals surface area contributed by atoms with Gasteiger partial charge in [-0.05, 0) is 49.3 Å². The van der Waals surface area contributed by atoms with E-state index in [-0.39, 0.29) is 0 Å². The monoisotopic (exact) mass is 266 g/mol. The van der Waals surface area contributed by atoms with Crippen molar-refractivity contribution in [1.82, 2.24) is 10.3 Å². The van der Waals surface area contributed by atoms with Crippen LogP contribution in [0.25, 0.3) is 0 Å². The molecule has 20 heavy (non-hydrogen) atoms. The Hall–Kier alpha value is -1.67. The first-order valence-electron chi connectivity index (χ1n) is 7.60. The van der Waals surface area contributed by atoms with Gasteiger partial charge in [-0.2, -0.15) is 0 Å². The van der Waals surface area contributed by atoms with Crippen LogP contribution in [0.3, 0.4) is 0 Å². The third-order valence-corrected chi connectivity index (χ3v) is 3.98. The van der Waals surface area contributed by atoms with E-state index in [1.807, 2.05) is 12.3 Å². The lowest BCUT2D eigenvalue weighted by Crippen LogP contribution is -2.24. The average Bonchev–Trinajstić information content (AvgIpc) is 3.33. The summed E-state index contributed by atoms with van der Waals surface area (Å²) in [7, 11) is 0. The number of pyridine rings is 1. The van der Waals surface area contributed by atoms with Gasteiger partial charge in [0.25, 0.3) is 0 Å². The summed E-state index contributed by atoms with van der Waals surface area (Å²) in [6.45, 7) is 1.08. The molecule has 0 spiro atoms. The second-order valence-corrected chi connectivity index (χ2v) is 5.65. The summed E-state index contributed by atoms with van der Waals surface area (Å²) < 4.78 is 0. The Bertz CT molecular complexity index is 505. The molecular formula is C18H22N2. The SMILES string of the molecule is c1ccc(C(CCc2ccccn2)CNC2CC2)cc1. The predicted octanol–water partition coefficient (Wildman–Crippen LogP) is 3.55. The molecule has 1 heterocycles. The quantitative estimate of drug-likeness (QED) is 0.829. The number of aryl methyl sites for hydroxylation is 1. The van der Waals surface area contributed by atoms with E-state index in [0.29, 0.717) is 5.92 Å². The zero-order valence-electron chi connectivity index (χ0n) is 11.8. The molecule has 1 fully saturated rings. The van der Waals surface area contributed by atoms with Gasteiger partial charge in [-0.1, -0.05) is 36.4 Å². The van der Waals surface area contributed by atoms with Crippen molar-refractivity contribution in [3.8, 4) is 0 Å². The summed E-state index contributed by atoms with van der Waals surface area (Å²) in [5.74, 6) is 0.582. The van der Waals surface area contributed by atoms with Gasteiger partial charge in [0.1, 0.15) is 0 Å². The van der Waals surface area contributed by atoms with Crippen LogP contribution < -0.4 is 5.32 Å². The minimum absolute atomic E-state index is 0.582. The van der Waals surface area contributed by atoms with Gasteiger partial charge in [0.2, 0.25) is 0 Å². The Morgan fingerprint density at radius 2 is 1.85 bits per heavy atom. The fourth-order valence-corrected chi connectivity index (χ4v) is 2.58. The highest BCUT2D eigenvalue weighted by atomic mass is 14.9. The van der Waals surface area contributed by atoms with Crippen molar-refractivity contribution in [3.63, 3.8) is 0 Å². The molecule has 1 aliphatic carbocycles. The normalized spacial score (nSPS) is 16.0. The number of nitrogens with one attached hydrogen (secondary N) is 1. The van der Waals surface area contributed by atoms with Gasteiger partial charge < -0.3 is 5.32 Å². The number of hydrogen-bond acceptors (Lipinski definition) is 2. The lowest BCUT2D eigenvalue weighted by atomic mass is 9.93. The van der Waals surface area contributed by atoms with Gasteiger partial charge in [-0.3, -0.25) is 4.98 Å². The van der Waals surface area contributed by atoms with Crippen LogP contribution in [0.5, 0.6) is 0 Å². The van der Waals surface area contributed by atoms with Gasteiger partial charge in [0, 0.05) is 24.5 Å². The van der Waals surface area contributed by atoms with E-state index >= 15 is 0 Å². The highest BCUT2D eigenvalue weighted by Gasteiger charge is 2.22. The predicted molar refractivity (Wildman–Crippen MR) is 82.8 cm³/mol. The van der Waals surface area contributed by atoms with E-state index in [9.17, 15) is 0 Å². The molecule has 0 amide bonds. The van der Waals surface area contributed by atoms with Crippen LogP contribution in [0.4, 0.5) is 0 Å². The summed E-state index contributed by atoms with van der Waals surface area (Å²) in [4.78, 5) is 4.43. The zero-order valence-corrected chi connectivity index (χ0v) is 11.8. The smallest absolute Gasteiger partial charge is 0.0403 e. The molecule has 1 saturated carbocycles. The topological polar surface area (TPSA) is 24.9 Å². The summed E-state index contributed by atoms with van der Waals surface area (Å²) in [6.07, 6.45) is 6.78. The molecule has 2 nitrogen and oxygen atoms in total. The highest BCUT2D eigenvalue weighted by Crippen LogP contribution is 2.24. The molecule has 2 aromatic rings. The van der Waals surface area contributed by atoms with Crippen molar-refractivity contribution < 1.29 is 0 Å². The molecule has 1 aromatic carbocycles. The Kier molecular flexibility index (Phi) is 4.44. The molecule has 1 N–H and O–H groups in total. The summed E-state index contributed by atoms with van der Waals surface area (Å²) in [5.41, 5.74) is 2.64. The van der Waals surface area contributed by atoms with Crippen molar-refractivity contribution in [2.45, 2.75) is 37.6 Å². The number of nitrogens with zero attached hydrogens (tertiary/aromatic N) is 1. The molecule has 2 heteroatoms. The first kappa shape index (κ1) is 13.3. The Labute approximate surface area is 121 Å². The summed E-state index contributed by atoms with van der Waals surface area (Å²) >= 11 is 0. The second-order valence-electron chi connectivity index (χ2n) is 5.65. The minimum atomic E-state index is 0.582. The van der Waals surface area contributed by atoms with Gasteiger partial charge in [0.15, 0.2) is 0 Å². The Balaban J connectivity index is 1.62. The van der Waals surface area contributed by atoms with Crippen molar-refractivity contribution in [2.75, 3.05) is 6.54 Å². The third kappa shape index (κ3) is 3.91. The van der Waals surface area contributed by atoms with E-state index in [1.165, 1.54) is 24.1 Å². The van der Waals surface area contributed by atoms with Crippen LogP contribution in [0.1, 0.15) is 36.4 Å². The molecule has 1 atom stereocenters. The first-order valence-corrected chi connectivity index (χ1v) is 7.60. The zero-order chi connectivity index (χ0) is 13.6. The van der Waals surface area contributed by atoms with Gasteiger partial charge in [-0.15, -0.1) is 0 Å². The molecule has 0 saturated heterocycles. The van der Waals surface area contributed by atoms with Crippen LogP contribution >= 0.6 is 0 Å². The highest BCUT2D eigenvalue weighted by molar-refractivity contribution is 5.20. The van der Waals surface area contributed by atoms with Crippen LogP contribution in [-0.4, -0.2) is 17.6 Å². The van der Waals surface area contributed by atoms with E-state index < -0.39 is 0 Å². The van der Waals surface area contributed by atoms with Gasteiger partial charge in [-0.25, -0.2) is 0 Å². The maximum absolute atomic E-state index is 4.43. The molecular weight excluding hydrogens is 244 g/mol. The van der Waals surface area contributed by atoms with E-state index in [4.69, 9.17) is 0 Å². The van der Waals surface area contributed by atoms with E-state index in [1.54, 1.807) is 0 Å². The summed E-state index contributed by atoms with van der Waals surface area (Å²) in [5, 5.41) is 3.67. The fourth-order valence-electron chi connectivity index (χ4n) is 2.58. The van der Waals surface area contributed by atoms with Gasteiger partial charge >= 0.3 is 0 Å². The van der Waals surface area contributed by atoms with Crippen LogP contribution in [0, 0.1) is 0 Å². The largest absolute Gasteiger partial charge is 0.313 e. The fraction of sp³-hybridized carbons (Fsp3) is 0.389. The maximum atomic E-state index is 4.43. The number of benzene rings is 1. The van der Waals surface area contributed by atoms with Crippen molar-refractivity contribution in [1.29, 1.82) is 0 Å². The molecule has 1 aromatic heterocycles. The third-order valence-electron chi connectivity index (χ3n) is 3.98. The lowest BCUT2D eigenvalue weighted by Gasteiger charge is -2.18. The number of aromatic nitrogens is 1. The Morgan fingerprint density at radius 3 is 2.55 bits per heavy atom. The first-order chi connectivity index (χ1) is 9.92. The molecule has 104 valence electrons. The molecule has 0 radical (unpaired) electrons. The molecule has 1 unspecified atom stereocenters. The summed E-state index contributed by atoms with van der Waals surface area (Å²) in [6, 6.07) is 17.8. The molecule has 3 rings (SSSR count). The van der Waals surface area contributed by atoms with Crippen LogP contribution in [0.15, 0.2) is 54.7 Å². The molecule has 0 aliphatic heterocycles. The lowest BCUT2D eigenvalue weighted by molar-refractivity contribution is 0.545. The maximum Gasteiger partial charge on any atom is 0.0403 e. The average molecular weight is 266 g/mol. The van der Waals surface area contributed by atoms with E-state index in [2.05, 4.69) is 52.8 Å².